The first kappa shape index (κ1) is 17.7. The second-order valence-corrected chi connectivity index (χ2v) is 5.60. The van der Waals surface area contributed by atoms with E-state index in [0.717, 1.165) is 44.5 Å². The van der Waals surface area contributed by atoms with Crippen molar-refractivity contribution in [2.75, 3.05) is 25.0 Å². The monoisotopic (exact) mass is 294 g/mol. The molecule has 1 aromatic rings. The summed E-state index contributed by atoms with van der Waals surface area (Å²) in [5, 5.41) is 7.83. The summed E-state index contributed by atoms with van der Waals surface area (Å²) in [6.45, 7) is 9.00. The average Bonchev–Trinajstić information content (AvgIpc) is 2.47. The number of nitrogens with zero attached hydrogens (tertiary/aromatic N) is 3. The standard InChI is InChI=1S/C16H30N4O/c1-5-8-14(17-9-6-2)13-20-16(21)11-15(12-18-20)19(4)10-7-3/h11-12,14,17H,5-10,13H2,1-4H3. The van der Waals surface area contributed by atoms with Crippen molar-refractivity contribution in [1.29, 1.82) is 0 Å². The first-order valence-corrected chi connectivity index (χ1v) is 8.14. The number of aromatic nitrogens is 2. The van der Waals surface area contributed by atoms with E-state index in [1.807, 2.05) is 7.05 Å². The number of rotatable bonds is 10. The molecule has 120 valence electrons. The van der Waals surface area contributed by atoms with E-state index in [1.54, 1.807) is 16.9 Å². The quantitative estimate of drug-likeness (QED) is 0.719. The van der Waals surface area contributed by atoms with Gasteiger partial charge in [0.25, 0.3) is 5.56 Å². The lowest BCUT2D eigenvalue weighted by Crippen LogP contribution is -2.38. The van der Waals surface area contributed by atoms with E-state index in [0.29, 0.717) is 12.6 Å². The molecule has 1 atom stereocenters. The second kappa shape index (κ2) is 9.55. The first-order chi connectivity index (χ1) is 10.1. The Balaban J connectivity index is 2.76. The smallest absolute Gasteiger partial charge is 0.268 e. The van der Waals surface area contributed by atoms with Crippen LogP contribution in [-0.2, 0) is 6.54 Å². The molecule has 0 aliphatic carbocycles. The zero-order chi connectivity index (χ0) is 15.7. The summed E-state index contributed by atoms with van der Waals surface area (Å²) >= 11 is 0. The summed E-state index contributed by atoms with van der Waals surface area (Å²) in [6, 6.07) is 2.00. The van der Waals surface area contributed by atoms with E-state index < -0.39 is 0 Å². The molecule has 0 radical (unpaired) electrons. The van der Waals surface area contributed by atoms with E-state index in [2.05, 4.69) is 36.1 Å². The molecule has 21 heavy (non-hydrogen) atoms. The largest absolute Gasteiger partial charge is 0.373 e. The number of nitrogens with one attached hydrogen (secondary N) is 1. The number of hydrogen-bond donors (Lipinski definition) is 1. The summed E-state index contributed by atoms with van der Waals surface area (Å²) in [6.07, 6.45) is 6.11. The predicted molar refractivity (Wildman–Crippen MR) is 89.0 cm³/mol. The van der Waals surface area contributed by atoms with Crippen molar-refractivity contribution in [3.63, 3.8) is 0 Å². The van der Waals surface area contributed by atoms with Gasteiger partial charge in [0.2, 0.25) is 0 Å². The molecule has 5 nitrogen and oxygen atoms in total. The molecule has 0 saturated heterocycles. The van der Waals surface area contributed by atoms with Crippen LogP contribution in [0.2, 0.25) is 0 Å². The molecule has 1 aromatic heterocycles. The molecule has 0 aromatic carbocycles. The topological polar surface area (TPSA) is 50.2 Å². The van der Waals surface area contributed by atoms with Gasteiger partial charge in [0.05, 0.1) is 18.4 Å². The van der Waals surface area contributed by atoms with E-state index >= 15 is 0 Å². The average molecular weight is 294 g/mol. The van der Waals surface area contributed by atoms with Crippen molar-refractivity contribution < 1.29 is 0 Å². The summed E-state index contributed by atoms with van der Waals surface area (Å²) < 4.78 is 1.58. The van der Waals surface area contributed by atoms with E-state index in [1.165, 1.54) is 0 Å². The molecule has 1 rings (SSSR count). The predicted octanol–water partition coefficient (Wildman–Crippen LogP) is 2.26. The Morgan fingerprint density at radius 1 is 1.29 bits per heavy atom. The van der Waals surface area contributed by atoms with Gasteiger partial charge in [-0.2, -0.15) is 5.10 Å². The van der Waals surface area contributed by atoms with Crippen LogP contribution in [0.1, 0.15) is 46.5 Å². The van der Waals surface area contributed by atoms with Crippen molar-refractivity contribution in [3.8, 4) is 0 Å². The molecule has 0 fully saturated rings. The fourth-order valence-corrected chi connectivity index (χ4v) is 2.40. The van der Waals surface area contributed by atoms with Gasteiger partial charge in [-0.15, -0.1) is 0 Å². The van der Waals surface area contributed by atoms with Crippen molar-refractivity contribution in [2.24, 2.45) is 0 Å². The summed E-state index contributed by atoms with van der Waals surface area (Å²) in [5.41, 5.74) is 0.876. The Morgan fingerprint density at radius 3 is 2.62 bits per heavy atom. The molecule has 0 spiro atoms. The van der Waals surface area contributed by atoms with Crippen molar-refractivity contribution in [3.05, 3.63) is 22.6 Å². The van der Waals surface area contributed by atoms with Crippen molar-refractivity contribution in [2.45, 2.75) is 59.0 Å². The van der Waals surface area contributed by atoms with Gasteiger partial charge in [0.1, 0.15) is 0 Å². The van der Waals surface area contributed by atoms with Gasteiger partial charge in [0.15, 0.2) is 0 Å². The highest BCUT2D eigenvalue weighted by Gasteiger charge is 2.10. The lowest BCUT2D eigenvalue weighted by atomic mass is 10.1. The number of anilines is 1. The Morgan fingerprint density at radius 2 is 2.05 bits per heavy atom. The lowest BCUT2D eigenvalue weighted by molar-refractivity contribution is 0.392. The molecule has 5 heteroatoms. The molecule has 0 amide bonds. The number of hydrogen-bond acceptors (Lipinski definition) is 4. The van der Waals surface area contributed by atoms with Crippen LogP contribution < -0.4 is 15.8 Å². The molecule has 0 aliphatic heterocycles. The fraction of sp³-hybridized carbons (Fsp3) is 0.750. The molecule has 1 unspecified atom stereocenters. The van der Waals surface area contributed by atoms with Crippen LogP contribution in [0, 0.1) is 0 Å². The molecular weight excluding hydrogens is 264 g/mol. The molecule has 1 N–H and O–H groups in total. The maximum absolute atomic E-state index is 12.2. The Labute approximate surface area is 128 Å². The van der Waals surface area contributed by atoms with Gasteiger partial charge in [-0.1, -0.05) is 27.2 Å². The maximum Gasteiger partial charge on any atom is 0.268 e. The van der Waals surface area contributed by atoms with Gasteiger partial charge in [0, 0.05) is 25.7 Å². The highest BCUT2D eigenvalue weighted by atomic mass is 16.1. The third-order valence-corrected chi connectivity index (χ3v) is 3.57. The minimum atomic E-state index is -0.0187. The second-order valence-electron chi connectivity index (χ2n) is 5.60. The van der Waals surface area contributed by atoms with Crippen molar-refractivity contribution >= 4 is 5.69 Å². The van der Waals surface area contributed by atoms with Crippen LogP contribution in [0.4, 0.5) is 5.69 Å². The normalized spacial score (nSPS) is 12.4. The van der Waals surface area contributed by atoms with Gasteiger partial charge in [-0.05, 0) is 25.8 Å². The third-order valence-electron chi connectivity index (χ3n) is 3.57. The highest BCUT2D eigenvalue weighted by molar-refractivity contribution is 5.41. The van der Waals surface area contributed by atoms with Gasteiger partial charge >= 0.3 is 0 Å². The van der Waals surface area contributed by atoms with Crippen LogP contribution >= 0.6 is 0 Å². The summed E-state index contributed by atoms with van der Waals surface area (Å²) in [5.74, 6) is 0. The zero-order valence-corrected chi connectivity index (χ0v) is 13.9. The molecule has 0 bridgehead atoms. The molecule has 0 saturated carbocycles. The van der Waals surface area contributed by atoms with Crippen LogP contribution in [0.15, 0.2) is 17.1 Å². The van der Waals surface area contributed by atoms with Gasteiger partial charge in [-0.3, -0.25) is 4.79 Å². The van der Waals surface area contributed by atoms with Gasteiger partial charge in [-0.25, -0.2) is 4.68 Å². The fourth-order valence-electron chi connectivity index (χ4n) is 2.40. The highest BCUT2D eigenvalue weighted by Crippen LogP contribution is 2.07. The maximum atomic E-state index is 12.2. The SMILES string of the molecule is CCCNC(CCC)Cn1ncc(N(C)CCC)cc1=O. The van der Waals surface area contributed by atoms with E-state index in [9.17, 15) is 4.79 Å². The minimum absolute atomic E-state index is 0.0187. The Kier molecular flexibility index (Phi) is 8.05. The third kappa shape index (κ3) is 5.87. The van der Waals surface area contributed by atoms with Crippen molar-refractivity contribution in [1.82, 2.24) is 15.1 Å². The molecule has 0 aliphatic rings. The Hall–Kier alpha value is -1.36. The van der Waals surface area contributed by atoms with E-state index in [4.69, 9.17) is 0 Å². The minimum Gasteiger partial charge on any atom is -0.373 e. The lowest BCUT2D eigenvalue weighted by Gasteiger charge is -2.20. The van der Waals surface area contributed by atoms with Crippen LogP contribution in [0.25, 0.3) is 0 Å². The van der Waals surface area contributed by atoms with Crippen LogP contribution in [-0.4, -0.2) is 36.0 Å². The van der Waals surface area contributed by atoms with E-state index in [-0.39, 0.29) is 5.56 Å². The Bertz CT molecular complexity index is 458. The summed E-state index contributed by atoms with van der Waals surface area (Å²) in [7, 11) is 1.99. The molecular formula is C16H30N4O. The van der Waals surface area contributed by atoms with Crippen LogP contribution in [0.3, 0.4) is 0 Å². The first-order valence-electron chi connectivity index (χ1n) is 8.14. The summed E-state index contributed by atoms with van der Waals surface area (Å²) in [4.78, 5) is 14.3. The van der Waals surface area contributed by atoms with Crippen LogP contribution in [0.5, 0.6) is 0 Å². The van der Waals surface area contributed by atoms with Gasteiger partial charge < -0.3 is 10.2 Å². The zero-order valence-electron chi connectivity index (χ0n) is 13.9. The molecule has 1 heterocycles.